The van der Waals surface area contributed by atoms with Crippen molar-refractivity contribution >= 4 is 76.4 Å². The van der Waals surface area contributed by atoms with Crippen LogP contribution in [0, 0.1) is 0 Å². The minimum absolute atomic E-state index is 0.863. The smallest absolute Gasteiger partial charge is 0.136 e. The third-order valence-electron chi connectivity index (χ3n) is 8.95. The van der Waals surface area contributed by atoms with Crippen molar-refractivity contribution in [2.45, 2.75) is 0 Å². The van der Waals surface area contributed by atoms with Crippen LogP contribution in [0.2, 0.25) is 0 Å². The van der Waals surface area contributed by atoms with E-state index < -0.39 is 0 Å². The summed E-state index contributed by atoms with van der Waals surface area (Å²) in [4.78, 5) is 0. The van der Waals surface area contributed by atoms with E-state index in [1.54, 1.807) is 6.26 Å². The molecule has 0 aliphatic rings. The fraction of sp³-hybridized carbons (Fsp3) is 0. The lowest BCUT2D eigenvalue weighted by atomic mass is 9.85. The molecule has 0 unspecified atom stereocenters. The summed E-state index contributed by atoms with van der Waals surface area (Å²) in [6.45, 7) is 0. The van der Waals surface area contributed by atoms with Crippen molar-refractivity contribution in [2.75, 3.05) is 0 Å². The molecule has 0 bridgehead atoms. The zero-order chi connectivity index (χ0) is 28.1. The molecule has 3 heteroatoms. The van der Waals surface area contributed by atoms with Gasteiger partial charge in [-0.3, -0.25) is 0 Å². The second-order valence-corrected chi connectivity index (χ2v) is 11.2. The van der Waals surface area contributed by atoms with Crippen LogP contribution >= 0.6 is 0 Å². The van der Waals surface area contributed by atoms with Crippen LogP contribution in [0.3, 0.4) is 0 Å². The van der Waals surface area contributed by atoms with Gasteiger partial charge in [-0.25, -0.2) is 0 Å². The van der Waals surface area contributed by atoms with E-state index >= 15 is 0 Å². The van der Waals surface area contributed by atoms with Crippen molar-refractivity contribution in [1.82, 2.24) is 0 Å². The molecule has 0 radical (unpaired) electrons. The molecule has 10 rings (SSSR count). The van der Waals surface area contributed by atoms with E-state index in [4.69, 9.17) is 13.3 Å². The van der Waals surface area contributed by atoms with Crippen LogP contribution in [-0.2, 0) is 0 Å². The number of hydrogen-bond donors (Lipinski definition) is 0. The van der Waals surface area contributed by atoms with Crippen LogP contribution in [0.4, 0.5) is 0 Å². The van der Waals surface area contributed by atoms with Crippen LogP contribution in [0.25, 0.3) is 98.6 Å². The number of fused-ring (bicyclic) bond motifs is 10. The van der Waals surface area contributed by atoms with Crippen molar-refractivity contribution in [3.63, 3.8) is 0 Å². The number of furan rings is 3. The highest BCUT2D eigenvalue weighted by molar-refractivity contribution is 6.24. The first-order valence-electron chi connectivity index (χ1n) is 14.5. The second-order valence-electron chi connectivity index (χ2n) is 11.2. The molecule has 7 aromatic carbocycles. The minimum Gasteiger partial charge on any atom is -0.464 e. The van der Waals surface area contributed by atoms with Gasteiger partial charge >= 0.3 is 0 Å². The normalized spacial score (nSPS) is 12.2. The van der Waals surface area contributed by atoms with Gasteiger partial charge < -0.3 is 13.3 Å². The van der Waals surface area contributed by atoms with Gasteiger partial charge in [0.25, 0.3) is 0 Å². The van der Waals surface area contributed by atoms with Crippen LogP contribution in [0.5, 0.6) is 0 Å². The van der Waals surface area contributed by atoms with E-state index in [-0.39, 0.29) is 0 Å². The zero-order valence-electron chi connectivity index (χ0n) is 22.9. The predicted molar refractivity (Wildman–Crippen MR) is 177 cm³/mol. The topological polar surface area (TPSA) is 39.4 Å². The highest BCUT2D eigenvalue weighted by atomic mass is 16.3. The van der Waals surface area contributed by atoms with Crippen LogP contribution < -0.4 is 0 Å². The lowest BCUT2D eigenvalue weighted by Gasteiger charge is -2.17. The number of para-hydroxylation sites is 1. The summed E-state index contributed by atoms with van der Waals surface area (Å²) < 4.78 is 18.3. The average molecular weight is 551 g/mol. The number of hydrogen-bond acceptors (Lipinski definition) is 3. The molecule has 10 aromatic rings. The molecule has 0 N–H and O–H groups in total. The average Bonchev–Trinajstić information content (AvgIpc) is 3.77. The fourth-order valence-electron chi connectivity index (χ4n) is 7.11. The van der Waals surface area contributed by atoms with Crippen LogP contribution in [-0.4, -0.2) is 0 Å². The molecule has 0 amide bonds. The van der Waals surface area contributed by atoms with Crippen LogP contribution in [0.1, 0.15) is 0 Å². The van der Waals surface area contributed by atoms with Gasteiger partial charge in [-0.1, -0.05) is 78.9 Å². The first-order valence-corrected chi connectivity index (χ1v) is 14.5. The Morgan fingerprint density at radius 1 is 0.326 bits per heavy atom. The Morgan fingerprint density at radius 2 is 0.860 bits per heavy atom. The molecule has 0 spiro atoms. The minimum atomic E-state index is 0.863. The monoisotopic (exact) mass is 550 g/mol. The summed E-state index contributed by atoms with van der Waals surface area (Å²) >= 11 is 0. The van der Waals surface area contributed by atoms with Crippen molar-refractivity contribution in [2.24, 2.45) is 0 Å². The molecule has 200 valence electrons. The molecule has 0 aliphatic heterocycles. The zero-order valence-corrected chi connectivity index (χ0v) is 22.9. The maximum Gasteiger partial charge on any atom is 0.136 e. The highest BCUT2D eigenvalue weighted by Gasteiger charge is 2.19. The summed E-state index contributed by atoms with van der Waals surface area (Å²) in [6, 6.07) is 44.9. The highest BCUT2D eigenvalue weighted by Crippen LogP contribution is 2.46. The van der Waals surface area contributed by atoms with Crippen LogP contribution in [0.15, 0.2) is 147 Å². The molecule has 43 heavy (non-hydrogen) atoms. The largest absolute Gasteiger partial charge is 0.464 e. The van der Waals surface area contributed by atoms with E-state index in [1.165, 1.54) is 32.7 Å². The fourth-order valence-corrected chi connectivity index (χ4v) is 7.11. The second kappa shape index (κ2) is 8.37. The van der Waals surface area contributed by atoms with Gasteiger partial charge in [0.05, 0.1) is 6.26 Å². The first kappa shape index (κ1) is 22.8. The molecule has 0 atom stereocenters. The van der Waals surface area contributed by atoms with Gasteiger partial charge in [0, 0.05) is 26.9 Å². The van der Waals surface area contributed by atoms with Crippen molar-refractivity contribution in [3.8, 4) is 22.3 Å². The summed E-state index contributed by atoms with van der Waals surface area (Å²) in [6.07, 6.45) is 1.75. The summed E-state index contributed by atoms with van der Waals surface area (Å²) in [7, 11) is 0. The van der Waals surface area contributed by atoms with E-state index in [0.29, 0.717) is 0 Å². The first-order chi connectivity index (χ1) is 21.3. The molecule has 0 saturated heterocycles. The predicted octanol–water partition coefficient (Wildman–Crippen LogP) is 11.9. The Labute approximate surface area is 245 Å². The molecule has 0 saturated carbocycles. The van der Waals surface area contributed by atoms with Gasteiger partial charge in [-0.05, 0) is 92.3 Å². The summed E-state index contributed by atoms with van der Waals surface area (Å²) in [5.74, 6) is 0. The Kier molecular flexibility index (Phi) is 4.45. The van der Waals surface area contributed by atoms with Gasteiger partial charge in [0.15, 0.2) is 0 Å². The number of benzene rings is 7. The maximum absolute atomic E-state index is 6.31. The Balaban J connectivity index is 1.29. The third kappa shape index (κ3) is 3.14. The molecule has 3 heterocycles. The summed E-state index contributed by atoms with van der Waals surface area (Å²) in [5, 5.41) is 10.4. The summed E-state index contributed by atoms with van der Waals surface area (Å²) in [5.41, 5.74) is 9.15. The van der Waals surface area contributed by atoms with Gasteiger partial charge in [0.2, 0.25) is 0 Å². The lowest BCUT2D eigenvalue weighted by molar-refractivity contribution is 0.615. The Hall–Kier alpha value is -5.80. The quantitative estimate of drug-likeness (QED) is 0.201. The van der Waals surface area contributed by atoms with E-state index in [9.17, 15) is 0 Å². The van der Waals surface area contributed by atoms with Crippen molar-refractivity contribution in [3.05, 3.63) is 134 Å². The van der Waals surface area contributed by atoms with Gasteiger partial charge in [-0.15, -0.1) is 0 Å². The molecule has 3 nitrogen and oxygen atoms in total. The SMILES string of the molecule is c1ccc2c(c1)oc1cc(-c3c4ccccc4c(-c4ccc5oc6ccc7occc7c6c5c4)c4ccccc34)ccc12. The molecule has 3 aromatic heterocycles. The Bertz CT molecular complexity index is 2680. The van der Waals surface area contributed by atoms with E-state index in [2.05, 4.69) is 97.1 Å². The van der Waals surface area contributed by atoms with E-state index in [0.717, 1.165) is 66.0 Å². The molecule has 0 fully saturated rings. The Morgan fingerprint density at radius 3 is 1.60 bits per heavy atom. The van der Waals surface area contributed by atoms with E-state index in [1.807, 2.05) is 30.3 Å². The maximum atomic E-state index is 6.31. The van der Waals surface area contributed by atoms with Crippen molar-refractivity contribution < 1.29 is 13.3 Å². The molecule has 0 aliphatic carbocycles. The van der Waals surface area contributed by atoms with Gasteiger partial charge in [0.1, 0.15) is 27.9 Å². The third-order valence-corrected chi connectivity index (χ3v) is 8.95. The number of rotatable bonds is 2. The molecular formula is C40H22O3. The van der Waals surface area contributed by atoms with Gasteiger partial charge in [-0.2, -0.15) is 0 Å². The van der Waals surface area contributed by atoms with Crippen molar-refractivity contribution in [1.29, 1.82) is 0 Å². The standard InChI is InChI=1S/C40H22O3/c1-3-10-29-27(8-1)38(23-14-16-35-32(21-23)40-31-19-20-41-33(31)17-18-36(40)42-35)28-9-2-4-11-30(28)39(29)24-13-15-26-25-7-5-6-12-34(25)43-37(26)22-24/h1-22H. The lowest BCUT2D eigenvalue weighted by Crippen LogP contribution is -1.90. The molecular weight excluding hydrogens is 528 g/mol.